The Kier molecular flexibility index (Phi) is 1.75. The summed E-state index contributed by atoms with van der Waals surface area (Å²) in [6, 6.07) is 1.88. The largest absolute Gasteiger partial charge is 0.330 e. The van der Waals surface area contributed by atoms with Gasteiger partial charge in [-0.1, -0.05) is 0 Å². The monoisotopic (exact) mass is 162 g/mol. The number of hydrogen-bond acceptors (Lipinski definition) is 3. The van der Waals surface area contributed by atoms with E-state index in [2.05, 4.69) is 9.97 Å². The summed E-state index contributed by atoms with van der Waals surface area (Å²) in [7, 11) is 0. The zero-order valence-corrected chi connectivity index (χ0v) is 6.64. The smallest absolute Gasteiger partial charge is 0.156 e. The van der Waals surface area contributed by atoms with Crippen LogP contribution in [0.25, 0.3) is 5.65 Å². The van der Waals surface area contributed by atoms with Crippen LogP contribution in [-0.4, -0.2) is 20.9 Å². The molecule has 0 unspecified atom stereocenters. The molecule has 0 bridgehead atoms. The molecule has 12 heavy (non-hydrogen) atoms. The molecule has 0 radical (unpaired) electrons. The molecule has 0 aliphatic carbocycles. The lowest BCUT2D eigenvalue weighted by Gasteiger charge is -1.96. The third kappa shape index (κ3) is 1.06. The van der Waals surface area contributed by atoms with Gasteiger partial charge in [0.2, 0.25) is 0 Å². The Labute approximate surface area is 70.1 Å². The predicted octanol–water partition coefficient (Wildman–Crippen LogP) is 0.230. The van der Waals surface area contributed by atoms with Crippen molar-refractivity contribution in [3.63, 3.8) is 0 Å². The molecule has 0 fully saturated rings. The number of nitrogens with zero attached hydrogens (tertiary/aromatic N) is 3. The molecule has 0 saturated carbocycles. The second-order valence-corrected chi connectivity index (χ2v) is 2.56. The van der Waals surface area contributed by atoms with Crippen LogP contribution in [-0.2, 0) is 6.42 Å². The van der Waals surface area contributed by atoms with Crippen LogP contribution in [0.1, 0.15) is 5.82 Å². The Bertz CT molecular complexity index is 379. The summed E-state index contributed by atoms with van der Waals surface area (Å²) in [5, 5.41) is 0. The van der Waals surface area contributed by atoms with Crippen molar-refractivity contribution in [1.82, 2.24) is 14.4 Å². The van der Waals surface area contributed by atoms with Gasteiger partial charge in [-0.15, -0.1) is 0 Å². The number of imidazole rings is 1. The molecule has 0 amide bonds. The summed E-state index contributed by atoms with van der Waals surface area (Å²) in [5.74, 6) is 0.973. The summed E-state index contributed by atoms with van der Waals surface area (Å²) >= 11 is 0. The lowest BCUT2D eigenvalue weighted by atomic mass is 10.4. The maximum atomic E-state index is 5.44. The van der Waals surface area contributed by atoms with E-state index in [0.29, 0.717) is 6.54 Å². The SMILES string of the molecule is NCCc1ncc2ncccn12. The van der Waals surface area contributed by atoms with Gasteiger partial charge in [-0.05, 0) is 12.6 Å². The summed E-state index contributed by atoms with van der Waals surface area (Å²) < 4.78 is 1.95. The molecule has 0 aromatic carbocycles. The first kappa shape index (κ1) is 7.24. The van der Waals surface area contributed by atoms with Crippen molar-refractivity contribution in [1.29, 1.82) is 0 Å². The Morgan fingerprint density at radius 3 is 3.17 bits per heavy atom. The molecule has 2 rings (SSSR count). The highest BCUT2D eigenvalue weighted by Gasteiger charge is 2.00. The normalized spacial score (nSPS) is 10.8. The van der Waals surface area contributed by atoms with E-state index in [4.69, 9.17) is 5.73 Å². The molecule has 0 aliphatic rings. The van der Waals surface area contributed by atoms with Gasteiger partial charge < -0.3 is 5.73 Å². The molecule has 0 spiro atoms. The highest BCUT2D eigenvalue weighted by atomic mass is 15.1. The molecule has 4 heteroatoms. The molecule has 2 aromatic heterocycles. The first-order chi connectivity index (χ1) is 5.92. The summed E-state index contributed by atoms with van der Waals surface area (Å²) in [4.78, 5) is 8.35. The standard InChI is InChI=1S/C8H10N4/c9-3-2-7-11-6-8-10-4-1-5-12(7)8/h1,4-6H,2-3,9H2. The zero-order valence-electron chi connectivity index (χ0n) is 6.64. The average Bonchev–Trinajstić information content (AvgIpc) is 2.50. The van der Waals surface area contributed by atoms with E-state index in [-0.39, 0.29) is 0 Å². The summed E-state index contributed by atoms with van der Waals surface area (Å²) in [6.45, 7) is 0.619. The van der Waals surface area contributed by atoms with Gasteiger partial charge in [0, 0.05) is 18.8 Å². The van der Waals surface area contributed by atoms with E-state index in [1.807, 2.05) is 16.7 Å². The summed E-state index contributed by atoms with van der Waals surface area (Å²) in [5.41, 5.74) is 6.31. The highest BCUT2D eigenvalue weighted by molar-refractivity contribution is 5.35. The number of hydrogen-bond donors (Lipinski definition) is 1. The van der Waals surface area contributed by atoms with Gasteiger partial charge in [0.05, 0.1) is 6.20 Å². The fourth-order valence-electron chi connectivity index (χ4n) is 1.20. The van der Waals surface area contributed by atoms with Gasteiger partial charge >= 0.3 is 0 Å². The van der Waals surface area contributed by atoms with Gasteiger partial charge in [0.25, 0.3) is 0 Å². The van der Waals surface area contributed by atoms with Crippen LogP contribution in [0.5, 0.6) is 0 Å². The third-order valence-electron chi connectivity index (χ3n) is 1.75. The Morgan fingerprint density at radius 1 is 1.42 bits per heavy atom. The first-order valence-electron chi connectivity index (χ1n) is 3.89. The fourth-order valence-corrected chi connectivity index (χ4v) is 1.20. The van der Waals surface area contributed by atoms with Crippen molar-refractivity contribution < 1.29 is 0 Å². The predicted molar refractivity (Wildman–Crippen MR) is 45.7 cm³/mol. The molecule has 2 N–H and O–H groups in total. The maximum Gasteiger partial charge on any atom is 0.156 e. The minimum absolute atomic E-state index is 0.619. The quantitative estimate of drug-likeness (QED) is 0.687. The highest BCUT2D eigenvalue weighted by Crippen LogP contribution is 2.02. The number of fused-ring (bicyclic) bond motifs is 1. The number of aromatic nitrogens is 3. The first-order valence-corrected chi connectivity index (χ1v) is 3.89. The zero-order chi connectivity index (χ0) is 8.39. The average molecular weight is 162 g/mol. The molecule has 2 aromatic rings. The Hall–Kier alpha value is -1.42. The number of rotatable bonds is 2. The second-order valence-electron chi connectivity index (χ2n) is 2.56. The van der Waals surface area contributed by atoms with Gasteiger partial charge in [0.15, 0.2) is 5.65 Å². The lowest BCUT2D eigenvalue weighted by Crippen LogP contribution is -2.06. The van der Waals surface area contributed by atoms with E-state index in [1.165, 1.54) is 0 Å². The second kappa shape index (κ2) is 2.91. The Balaban J connectivity index is 2.55. The molecule has 0 aliphatic heterocycles. The van der Waals surface area contributed by atoms with Crippen molar-refractivity contribution in [2.75, 3.05) is 6.54 Å². The van der Waals surface area contributed by atoms with E-state index in [0.717, 1.165) is 17.9 Å². The van der Waals surface area contributed by atoms with Crippen molar-refractivity contribution >= 4 is 5.65 Å². The number of nitrogens with two attached hydrogens (primary N) is 1. The van der Waals surface area contributed by atoms with Gasteiger partial charge in [0.1, 0.15) is 5.82 Å². The van der Waals surface area contributed by atoms with Crippen LogP contribution >= 0.6 is 0 Å². The third-order valence-corrected chi connectivity index (χ3v) is 1.75. The molecular formula is C8H10N4. The van der Waals surface area contributed by atoms with E-state index in [1.54, 1.807) is 12.4 Å². The topological polar surface area (TPSA) is 56.2 Å². The minimum Gasteiger partial charge on any atom is -0.330 e. The van der Waals surface area contributed by atoms with Crippen LogP contribution in [0.15, 0.2) is 24.7 Å². The van der Waals surface area contributed by atoms with Crippen LogP contribution in [0.4, 0.5) is 0 Å². The van der Waals surface area contributed by atoms with Crippen molar-refractivity contribution in [3.05, 3.63) is 30.5 Å². The van der Waals surface area contributed by atoms with Crippen molar-refractivity contribution in [2.24, 2.45) is 5.73 Å². The molecular weight excluding hydrogens is 152 g/mol. The fraction of sp³-hybridized carbons (Fsp3) is 0.250. The van der Waals surface area contributed by atoms with Crippen molar-refractivity contribution in [3.8, 4) is 0 Å². The van der Waals surface area contributed by atoms with Crippen LogP contribution in [0.3, 0.4) is 0 Å². The molecule has 2 heterocycles. The van der Waals surface area contributed by atoms with Crippen LogP contribution < -0.4 is 5.73 Å². The minimum atomic E-state index is 0.619. The lowest BCUT2D eigenvalue weighted by molar-refractivity contribution is 0.859. The van der Waals surface area contributed by atoms with Gasteiger partial charge in [-0.3, -0.25) is 4.40 Å². The van der Waals surface area contributed by atoms with Gasteiger partial charge in [-0.2, -0.15) is 0 Å². The summed E-state index contributed by atoms with van der Waals surface area (Å²) in [6.07, 6.45) is 6.24. The molecule has 4 nitrogen and oxygen atoms in total. The Morgan fingerprint density at radius 2 is 2.33 bits per heavy atom. The van der Waals surface area contributed by atoms with E-state index < -0.39 is 0 Å². The van der Waals surface area contributed by atoms with E-state index in [9.17, 15) is 0 Å². The molecule has 0 saturated heterocycles. The van der Waals surface area contributed by atoms with Crippen LogP contribution in [0, 0.1) is 0 Å². The molecule has 62 valence electrons. The maximum absolute atomic E-state index is 5.44. The van der Waals surface area contributed by atoms with Crippen LogP contribution in [0.2, 0.25) is 0 Å². The van der Waals surface area contributed by atoms with Crippen molar-refractivity contribution in [2.45, 2.75) is 6.42 Å². The van der Waals surface area contributed by atoms with E-state index >= 15 is 0 Å². The van der Waals surface area contributed by atoms with Gasteiger partial charge in [-0.25, -0.2) is 9.97 Å². The molecule has 0 atom stereocenters.